The molecule has 17 heavy (non-hydrogen) atoms. The number of para-hydroxylation sites is 1. The number of fused-ring (bicyclic) bond motifs is 1. The molecule has 1 aromatic heterocycles. The molecular formula is C14H17BrO2. The first-order chi connectivity index (χ1) is 8.11. The van der Waals surface area contributed by atoms with E-state index in [1.54, 1.807) is 0 Å². The zero-order valence-electron chi connectivity index (χ0n) is 10.1. The van der Waals surface area contributed by atoms with E-state index in [-0.39, 0.29) is 0 Å². The van der Waals surface area contributed by atoms with Gasteiger partial charge in [0.15, 0.2) is 0 Å². The third-order valence-corrected chi connectivity index (χ3v) is 3.79. The third-order valence-electron chi connectivity index (χ3n) is 3.17. The summed E-state index contributed by atoms with van der Waals surface area (Å²) in [6.07, 6.45) is 1.30. The summed E-state index contributed by atoms with van der Waals surface area (Å²) < 4.78 is 6.64. The van der Waals surface area contributed by atoms with E-state index >= 15 is 0 Å². The molecule has 0 saturated carbocycles. The van der Waals surface area contributed by atoms with Gasteiger partial charge in [0.1, 0.15) is 17.4 Å². The minimum absolute atomic E-state index is 0.502. The smallest absolute Gasteiger partial charge is 0.148 e. The summed E-state index contributed by atoms with van der Waals surface area (Å²) in [5.74, 6) is 1.16. The molecule has 3 heteroatoms. The highest BCUT2D eigenvalue weighted by Crippen LogP contribution is 2.32. The Morgan fingerprint density at radius 2 is 2.18 bits per heavy atom. The van der Waals surface area contributed by atoms with Gasteiger partial charge in [-0.1, -0.05) is 32.4 Å². The van der Waals surface area contributed by atoms with Crippen LogP contribution in [0.5, 0.6) is 0 Å². The van der Waals surface area contributed by atoms with Crippen LogP contribution < -0.4 is 0 Å². The van der Waals surface area contributed by atoms with Crippen LogP contribution in [0.15, 0.2) is 33.2 Å². The summed E-state index contributed by atoms with van der Waals surface area (Å²) in [5, 5.41) is 11.1. The van der Waals surface area contributed by atoms with E-state index in [0.29, 0.717) is 11.7 Å². The maximum Gasteiger partial charge on any atom is 0.148 e. The largest absolute Gasteiger partial charge is 0.457 e. The van der Waals surface area contributed by atoms with Crippen molar-refractivity contribution < 1.29 is 9.52 Å². The molecule has 2 nitrogen and oxygen atoms in total. The third kappa shape index (κ3) is 2.72. The average Bonchev–Trinajstić information content (AvgIpc) is 2.74. The SMILES string of the molecule is CCC(C)CC(O)c1cc2cccc(Br)c2o1. The number of hydrogen-bond acceptors (Lipinski definition) is 2. The summed E-state index contributed by atoms with van der Waals surface area (Å²) in [6.45, 7) is 4.27. The first kappa shape index (κ1) is 12.7. The van der Waals surface area contributed by atoms with E-state index in [0.717, 1.165) is 28.3 Å². The fraction of sp³-hybridized carbons (Fsp3) is 0.429. The lowest BCUT2D eigenvalue weighted by atomic mass is 10.00. The summed E-state index contributed by atoms with van der Waals surface area (Å²) in [4.78, 5) is 0. The highest BCUT2D eigenvalue weighted by molar-refractivity contribution is 9.10. The van der Waals surface area contributed by atoms with Gasteiger partial charge < -0.3 is 9.52 Å². The summed E-state index contributed by atoms with van der Waals surface area (Å²) in [5.41, 5.74) is 0.811. The Hall–Kier alpha value is -0.800. The van der Waals surface area contributed by atoms with Gasteiger partial charge in [-0.2, -0.15) is 0 Å². The first-order valence-electron chi connectivity index (χ1n) is 5.97. The number of aliphatic hydroxyl groups excluding tert-OH is 1. The molecule has 2 atom stereocenters. The minimum atomic E-state index is -0.510. The van der Waals surface area contributed by atoms with Crippen molar-refractivity contribution >= 4 is 26.9 Å². The van der Waals surface area contributed by atoms with E-state index in [1.165, 1.54) is 0 Å². The molecule has 0 bridgehead atoms. The van der Waals surface area contributed by atoms with E-state index < -0.39 is 6.10 Å². The predicted molar refractivity (Wildman–Crippen MR) is 72.9 cm³/mol. The van der Waals surface area contributed by atoms with Gasteiger partial charge >= 0.3 is 0 Å². The molecule has 2 unspecified atom stereocenters. The van der Waals surface area contributed by atoms with Crippen molar-refractivity contribution in [3.63, 3.8) is 0 Å². The molecule has 0 radical (unpaired) electrons. The normalized spacial score (nSPS) is 15.1. The van der Waals surface area contributed by atoms with Gasteiger partial charge in [0.25, 0.3) is 0 Å². The standard InChI is InChI=1S/C14H17BrO2/c1-3-9(2)7-12(16)13-8-10-5-4-6-11(15)14(10)17-13/h4-6,8-9,12,16H,3,7H2,1-2H3. The molecule has 2 rings (SSSR count). The summed E-state index contributed by atoms with van der Waals surface area (Å²) in [7, 11) is 0. The van der Waals surface area contributed by atoms with Gasteiger partial charge in [-0.15, -0.1) is 0 Å². The maximum absolute atomic E-state index is 10.1. The molecule has 0 fully saturated rings. The first-order valence-corrected chi connectivity index (χ1v) is 6.77. The van der Waals surface area contributed by atoms with Crippen LogP contribution >= 0.6 is 15.9 Å². The van der Waals surface area contributed by atoms with Crippen molar-refractivity contribution in [2.75, 3.05) is 0 Å². The van der Waals surface area contributed by atoms with Crippen molar-refractivity contribution in [3.8, 4) is 0 Å². The van der Waals surface area contributed by atoms with E-state index in [4.69, 9.17) is 4.42 Å². The maximum atomic E-state index is 10.1. The zero-order chi connectivity index (χ0) is 12.4. The van der Waals surface area contributed by atoms with Crippen LogP contribution in [-0.2, 0) is 0 Å². The monoisotopic (exact) mass is 296 g/mol. The van der Waals surface area contributed by atoms with Crippen LogP contribution in [0.1, 0.15) is 38.6 Å². The number of rotatable bonds is 4. The Kier molecular flexibility index (Phi) is 3.89. The lowest BCUT2D eigenvalue weighted by molar-refractivity contribution is 0.124. The molecule has 0 amide bonds. The van der Waals surface area contributed by atoms with Crippen molar-refractivity contribution in [3.05, 3.63) is 34.5 Å². The van der Waals surface area contributed by atoms with E-state index in [2.05, 4.69) is 29.8 Å². The second-order valence-corrected chi connectivity index (χ2v) is 5.43. The van der Waals surface area contributed by atoms with Crippen molar-refractivity contribution in [2.24, 2.45) is 5.92 Å². The van der Waals surface area contributed by atoms with Gasteiger partial charge in [-0.3, -0.25) is 0 Å². The summed E-state index contributed by atoms with van der Waals surface area (Å²) >= 11 is 3.45. The fourth-order valence-electron chi connectivity index (χ4n) is 1.88. The fourth-order valence-corrected chi connectivity index (χ4v) is 2.34. The van der Waals surface area contributed by atoms with Gasteiger partial charge in [-0.25, -0.2) is 0 Å². The molecule has 1 aromatic carbocycles. The molecular weight excluding hydrogens is 280 g/mol. The average molecular weight is 297 g/mol. The van der Waals surface area contributed by atoms with Gasteiger partial charge in [0.05, 0.1) is 4.47 Å². The number of hydrogen-bond donors (Lipinski definition) is 1. The molecule has 1 N–H and O–H groups in total. The molecule has 0 saturated heterocycles. The Bertz CT molecular complexity index is 504. The molecule has 92 valence electrons. The van der Waals surface area contributed by atoms with E-state index in [1.807, 2.05) is 24.3 Å². The highest BCUT2D eigenvalue weighted by Gasteiger charge is 2.16. The van der Waals surface area contributed by atoms with Crippen molar-refractivity contribution in [1.29, 1.82) is 0 Å². The molecule has 2 aromatic rings. The van der Waals surface area contributed by atoms with Crippen LogP contribution in [-0.4, -0.2) is 5.11 Å². The molecule has 1 heterocycles. The number of halogens is 1. The van der Waals surface area contributed by atoms with Crippen LogP contribution in [0.4, 0.5) is 0 Å². The highest BCUT2D eigenvalue weighted by atomic mass is 79.9. The lowest BCUT2D eigenvalue weighted by Crippen LogP contribution is -2.02. The van der Waals surface area contributed by atoms with Gasteiger partial charge in [0.2, 0.25) is 0 Å². The summed E-state index contributed by atoms with van der Waals surface area (Å²) in [6, 6.07) is 7.82. The van der Waals surface area contributed by atoms with Crippen LogP contribution in [0, 0.1) is 5.92 Å². The molecule has 0 aliphatic carbocycles. The Morgan fingerprint density at radius 3 is 2.82 bits per heavy atom. The van der Waals surface area contributed by atoms with Crippen LogP contribution in [0.25, 0.3) is 11.0 Å². The number of benzene rings is 1. The number of aliphatic hydroxyl groups is 1. The van der Waals surface area contributed by atoms with E-state index in [9.17, 15) is 5.11 Å². The van der Waals surface area contributed by atoms with Crippen molar-refractivity contribution in [1.82, 2.24) is 0 Å². The predicted octanol–water partition coefficient (Wildman–Crippen LogP) is 4.66. The zero-order valence-corrected chi connectivity index (χ0v) is 11.7. The van der Waals surface area contributed by atoms with Crippen LogP contribution in [0.3, 0.4) is 0 Å². The second-order valence-electron chi connectivity index (χ2n) is 4.57. The lowest BCUT2D eigenvalue weighted by Gasteiger charge is -2.12. The Labute approximate surface area is 110 Å². The van der Waals surface area contributed by atoms with Crippen molar-refractivity contribution in [2.45, 2.75) is 32.8 Å². The van der Waals surface area contributed by atoms with Gasteiger partial charge in [-0.05, 0) is 40.4 Å². The Morgan fingerprint density at radius 1 is 1.41 bits per heavy atom. The molecule has 0 spiro atoms. The number of furan rings is 1. The minimum Gasteiger partial charge on any atom is -0.457 e. The topological polar surface area (TPSA) is 33.4 Å². The van der Waals surface area contributed by atoms with Crippen LogP contribution in [0.2, 0.25) is 0 Å². The molecule has 0 aliphatic rings. The second kappa shape index (κ2) is 5.23. The Balaban J connectivity index is 2.27. The quantitative estimate of drug-likeness (QED) is 0.890. The molecule has 0 aliphatic heterocycles. The van der Waals surface area contributed by atoms with Gasteiger partial charge in [0, 0.05) is 5.39 Å².